The highest BCUT2D eigenvalue weighted by atomic mass is 32.2. The number of sulfonamides is 1. The summed E-state index contributed by atoms with van der Waals surface area (Å²) in [6.07, 6.45) is 5.40. The summed E-state index contributed by atoms with van der Waals surface area (Å²) in [6.45, 7) is 4.90. The van der Waals surface area contributed by atoms with Gasteiger partial charge in [0.1, 0.15) is 0 Å². The van der Waals surface area contributed by atoms with Crippen LogP contribution in [-0.4, -0.2) is 43.9 Å². The van der Waals surface area contributed by atoms with Crippen molar-refractivity contribution in [1.29, 1.82) is 0 Å². The van der Waals surface area contributed by atoms with E-state index in [0.717, 1.165) is 44.3 Å². The van der Waals surface area contributed by atoms with Gasteiger partial charge in [0.2, 0.25) is 10.0 Å². The normalized spacial score (nSPS) is 20.5. The Morgan fingerprint density at radius 1 is 0.957 bits per heavy atom. The molecule has 2 heterocycles. The molecular weight excluding hydrogens is 312 g/mol. The monoisotopic (exact) mass is 336 g/mol. The Morgan fingerprint density at radius 3 is 2.30 bits per heavy atom. The average molecular weight is 336 g/mol. The van der Waals surface area contributed by atoms with Crippen molar-refractivity contribution in [3.05, 3.63) is 23.8 Å². The van der Waals surface area contributed by atoms with Crippen LogP contribution >= 0.6 is 0 Å². The molecule has 1 aromatic rings. The predicted octanol–water partition coefficient (Wildman–Crippen LogP) is 3.26. The van der Waals surface area contributed by atoms with Gasteiger partial charge in [0.25, 0.3) is 0 Å². The third kappa shape index (κ3) is 3.72. The molecule has 23 heavy (non-hydrogen) atoms. The van der Waals surface area contributed by atoms with Crippen molar-refractivity contribution in [2.75, 3.05) is 26.2 Å². The van der Waals surface area contributed by atoms with Gasteiger partial charge in [-0.2, -0.15) is 4.31 Å². The summed E-state index contributed by atoms with van der Waals surface area (Å²) in [5.41, 5.74) is 1.35. The topological polar surface area (TPSA) is 65.3 Å². The fourth-order valence-corrected chi connectivity index (χ4v) is 4.84. The molecule has 0 aromatic heterocycles. The molecule has 1 aromatic carbocycles. The molecule has 2 saturated heterocycles. The van der Waals surface area contributed by atoms with Gasteiger partial charge in [-0.1, -0.05) is 11.3 Å². The molecule has 0 saturated carbocycles. The summed E-state index contributed by atoms with van der Waals surface area (Å²) in [6, 6.07) is 5.29. The van der Waals surface area contributed by atoms with Crippen molar-refractivity contribution in [3.8, 4) is 0 Å². The fourth-order valence-electron chi connectivity index (χ4n) is 3.08. The molecule has 126 valence electrons. The lowest BCUT2D eigenvalue weighted by molar-refractivity contribution is 0.224. The van der Waals surface area contributed by atoms with Gasteiger partial charge in [-0.25, -0.2) is 8.42 Å². The average Bonchev–Trinajstić information content (AvgIpc) is 3.10. The first-order chi connectivity index (χ1) is 11.1. The van der Waals surface area contributed by atoms with E-state index in [0.29, 0.717) is 23.7 Å². The van der Waals surface area contributed by atoms with Crippen LogP contribution in [0.3, 0.4) is 0 Å². The van der Waals surface area contributed by atoms with Crippen LogP contribution in [0.25, 0.3) is 0 Å². The molecular formula is C16H24N4O2S. The van der Waals surface area contributed by atoms with E-state index in [1.807, 2.05) is 24.1 Å². The number of nitrogens with zero attached hydrogens (tertiary/aromatic N) is 4. The maximum Gasteiger partial charge on any atom is 0.243 e. The fraction of sp³-hybridized carbons (Fsp3) is 0.625. The van der Waals surface area contributed by atoms with Crippen molar-refractivity contribution in [1.82, 2.24) is 9.31 Å². The summed E-state index contributed by atoms with van der Waals surface area (Å²) in [4.78, 5) is 0.356. The van der Waals surface area contributed by atoms with Crippen molar-refractivity contribution in [2.24, 2.45) is 10.3 Å². The summed E-state index contributed by atoms with van der Waals surface area (Å²) >= 11 is 0. The second kappa shape index (κ2) is 6.97. The van der Waals surface area contributed by atoms with Crippen molar-refractivity contribution in [2.45, 2.75) is 43.9 Å². The van der Waals surface area contributed by atoms with Gasteiger partial charge in [0.15, 0.2) is 0 Å². The molecule has 0 amide bonds. The summed E-state index contributed by atoms with van der Waals surface area (Å²) < 4.78 is 27.1. The second-order valence-electron chi connectivity index (χ2n) is 6.26. The number of hydrogen-bond donors (Lipinski definition) is 0. The quantitative estimate of drug-likeness (QED) is 0.793. The lowest BCUT2D eigenvalue weighted by Crippen LogP contribution is -2.28. The minimum absolute atomic E-state index is 0.356. The summed E-state index contributed by atoms with van der Waals surface area (Å²) in [5.74, 6) is 0. The lowest BCUT2D eigenvalue weighted by Gasteiger charge is -2.21. The highest BCUT2D eigenvalue weighted by molar-refractivity contribution is 7.89. The van der Waals surface area contributed by atoms with Crippen LogP contribution < -0.4 is 0 Å². The highest BCUT2D eigenvalue weighted by Gasteiger charge is 2.28. The SMILES string of the molecule is Cc1ccc(N=NN2CCCCC2)cc1S(=O)(=O)N1CCCC1. The van der Waals surface area contributed by atoms with Crippen LogP contribution in [0.15, 0.2) is 33.4 Å². The first-order valence-corrected chi connectivity index (χ1v) is 9.79. The number of piperidine rings is 1. The van der Waals surface area contributed by atoms with E-state index in [-0.39, 0.29) is 0 Å². The number of hydrogen-bond acceptors (Lipinski definition) is 4. The smallest absolute Gasteiger partial charge is 0.243 e. The van der Waals surface area contributed by atoms with E-state index < -0.39 is 10.0 Å². The lowest BCUT2D eigenvalue weighted by atomic mass is 10.2. The van der Waals surface area contributed by atoms with Crippen molar-refractivity contribution < 1.29 is 8.42 Å². The Morgan fingerprint density at radius 2 is 1.61 bits per heavy atom. The molecule has 0 unspecified atom stereocenters. The third-order valence-corrected chi connectivity index (χ3v) is 6.51. The Balaban J connectivity index is 1.82. The summed E-state index contributed by atoms with van der Waals surface area (Å²) in [7, 11) is -3.42. The van der Waals surface area contributed by atoms with Gasteiger partial charge >= 0.3 is 0 Å². The third-order valence-electron chi connectivity index (χ3n) is 4.47. The summed E-state index contributed by atoms with van der Waals surface area (Å²) in [5, 5.41) is 10.4. The van der Waals surface area contributed by atoms with Crippen molar-refractivity contribution >= 4 is 15.7 Å². The number of benzene rings is 1. The zero-order chi connectivity index (χ0) is 16.3. The zero-order valence-corrected chi connectivity index (χ0v) is 14.4. The van der Waals surface area contributed by atoms with Crippen LogP contribution in [0.4, 0.5) is 5.69 Å². The van der Waals surface area contributed by atoms with Crippen LogP contribution in [-0.2, 0) is 10.0 Å². The van der Waals surface area contributed by atoms with Gasteiger partial charge in [0.05, 0.1) is 10.6 Å². The molecule has 2 aliphatic heterocycles. The molecule has 0 atom stereocenters. The maximum atomic E-state index is 12.8. The molecule has 0 N–H and O–H groups in total. The van der Waals surface area contributed by atoms with Gasteiger partial charge in [-0.15, -0.1) is 5.11 Å². The minimum atomic E-state index is -3.42. The largest absolute Gasteiger partial charge is 0.278 e. The second-order valence-corrected chi connectivity index (χ2v) is 8.17. The van der Waals surface area contributed by atoms with E-state index in [1.165, 1.54) is 6.42 Å². The number of rotatable bonds is 4. The van der Waals surface area contributed by atoms with Crippen molar-refractivity contribution in [3.63, 3.8) is 0 Å². The molecule has 0 radical (unpaired) electrons. The Kier molecular flexibility index (Phi) is 4.96. The van der Waals surface area contributed by atoms with E-state index in [9.17, 15) is 8.42 Å². The molecule has 7 heteroatoms. The van der Waals surface area contributed by atoms with E-state index >= 15 is 0 Å². The maximum absolute atomic E-state index is 12.8. The van der Waals surface area contributed by atoms with Gasteiger partial charge < -0.3 is 0 Å². The molecule has 3 rings (SSSR count). The number of aryl methyl sites for hydroxylation is 1. The minimum Gasteiger partial charge on any atom is -0.278 e. The van der Waals surface area contributed by atoms with E-state index in [4.69, 9.17) is 0 Å². The van der Waals surface area contributed by atoms with Gasteiger partial charge in [-0.05, 0) is 56.7 Å². The van der Waals surface area contributed by atoms with E-state index in [1.54, 1.807) is 10.4 Å². The molecule has 0 bridgehead atoms. The first-order valence-electron chi connectivity index (χ1n) is 8.35. The van der Waals surface area contributed by atoms with Crippen LogP contribution in [0.2, 0.25) is 0 Å². The van der Waals surface area contributed by atoms with Gasteiger partial charge in [-0.3, -0.25) is 5.01 Å². The first kappa shape index (κ1) is 16.4. The highest BCUT2D eigenvalue weighted by Crippen LogP contribution is 2.27. The van der Waals surface area contributed by atoms with E-state index in [2.05, 4.69) is 10.3 Å². The van der Waals surface area contributed by atoms with Crippen LogP contribution in [0, 0.1) is 6.92 Å². The molecule has 0 aliphatic carbocycles. The molecule has 2 aliphatic rings. The molecule has 6 nitrogen and oxygen atoms in total. The molecule has 2 fully saturated rings. The Labute approximate surface area is 138 Å². The molecule has 0 spiro atoms. The van der Waals surface area contributed by atoms with Gasteiger partial charge in [0, 0.05) is 26.2 Å². The van der Waals surface area contributed by atoms with Crippen LogP contribution in [0.1, 0.15) is 37.7 Å². The zero-order valence-electron chi connectivity index (χ0n) is 13.6. The Hall–Kier alpha value is -1.47. The van der Waals surface area contributed by atoms with Crippen LogP contribution in [0.5, 0.6) is 0 Å². The standard InChI is InChI=1S/C16H24N4O2S/c1-14-7-8-15(17-18-19-9-3-2-4-10-19)13-16(14)23(21,22)20-11-5-6-12-20/h7-8,13H,2-6,9-12H2,1H3. The Bertz CT molecular complexity index is 675. The predicted molar refractivity (Wildman–Crippen MR) is 89.1 cm³/mol.